The third-order valence-electron chi connectivity index (χ3n) is 3.18. The van der Waals surface area contributed by atoms with Gasteiger partial charge in [-0.3, -0.25) is 9.59 Å². The maximum atomic E-state index is 11.8. The molecule has 0 heterocycles. The number of rotatable bonds is 15. The molecule has 0 aliphatic rings. The number of ether oxygens (including phenoxy) is 5. The molecule has 0 saturated carbocycles. The number of hydrogen-bond donors (Lipinski definition) is 0. The van der Waals surface area contributed by atoms with Crippen LogP contribution in [0.2, 0.25) is 0 Å². The highest BCUT2D eigenvalue weighted by Gasteiger charge is 2.16. The first-order valence-electron chi connectivity index (χ1n) is 8.80. The van der Waals surface area contributed by atoms with Crippen molar-refractivity contribution in [2.75, 3.05) is 52.9 Å². The molecule has 0 aromatic heterocycles. The van der Waals surface area contributed by atoms with Crippen LogP contribution in [0.25, 0.3) is 0 Å². The molecule has 0 amide bonds. The molecule has 0 unspecified atom stereocenters. The van der Waals surface area contributed by atoms with Crippen molar-refractivity contribution in [2.45, 2.75) is 13.3 Å². The van der Waals surface area contributed by atoms with E-state index in [-0.39, 0.29) is 25.6 Å². The number of hydrogen-bond acceptors (Lipinski definition) is 8. The minimum absolute atomic E-state index is 0.00558. The third-order valence-corrected chi connectivity index (χ3v) is 3.18. The first-order valence-corrected chi connectivity index (χ1v) is 8.80. The van der Waals surface area contributed by atoms with E-state index < -0.39 is 11.8 Å². The molecule has 0 saturated heterocycles. The average Bonchev–Trinajstić information content (AvgIpc) is 2.69. The van der Waals surface area contributed by atoms with Crippen LogP contribution in [-0.4, -0.2) is 70.6 Å². The van der Waals surface area contributed by atoms with Gasteiger partial charge in [-0.25, -0.2) is 4.79 Å². The van der Waals surface area contributed by atoms with Crippen molar-refractivity contribution in [2.24, 2.45) is 0 Å². The van der Waals surface area contributed by atoms with Crippen molar-refractivity contribution in [3.63, 3.8) is 0 Å². The summed E-state index contributed by atoms with van der Waals surface area (Å²) in [7, 11) is 0. The minimum atomic E-state index is -0.902. The molecule has 8 heteroatoms. The van der Waals surface area contributed by atoms with Gasteiger partial charge in [-0.1, -0.05) is 30.3 Å². The molecular formula is C19H26O8. The third kappa shape index (κ3) is 11.1. The molecule has 0 fully saturated rings. The van der Waals surface area contributed by atoms with Gasteiger partial charge in [-0.15, -0.1) is 0 Å². The van der Waals surface area contributed by atoms with Crippen molar-refractivity contribution in [3.05, 3.63) is 35.9 Å². The summed E-state index contributed by atoms with van der Waals surface area (Å²) in [6.45, 7) is 4.03. The van der Waals surface area contributed by atoms with Crippen molar-refractivity contribution in [1.82, 2.24) is 0 Å². The SMILES string of the molecule is CCOC(=O)CCOCCOCCOCCOC(=O)C(=O)c1ccccc1. The van der Waals surface area contributed by atoms with E-state index in [9.17, 15) is 14.4 Å². The predicted octanol–water partition coefficient (Wildman–Crippen LogP) is 1.42. The molecule has 0 atom stereocenters. The van der Waals surface area contributed by atoms with Crippen LogP contribution in [-0.2, 0) is 33.3 Å². The molecule has 1 rings (SSSR count). The summed E-state index contributed by atoms with van der Waals surface area (Å²) in [5.74, 6) is -1.86. The lowest BCUT2D eigenvalue weighted by molar-refractivity contribution is -0.144. The minimum Gasteiger partial charge on any atom is -0.466 e. The van der Waals surface area contributed by atoms with Crippen LogP contribution >= 0.6 is 0 Å². The Morgan fingerprint density at radius 1 is 0.741 bits per heavy atom. The van der Waals surface area contributed by atoms with Gasteiger partial charge in [-0.05, 0) is 6.92 Å². The zero-order valence-corrected chi connectivity index (χ0v) is 15.5. The van der Waals surface area contributed by atoms with E-state index in [1.807, 2.05) is 0 Å². The van der Waals surface area contributed by atoms with Crippen molar-refractivity contribution in [1.29, 1.82) is 0 Å². The van der Waals surface area contributed by atoms with Crippen LogP contribution in [0.5, 0.6) is 0 Å². The topological polar surface area (TPSA) is 97.4 Å². The van der Waals surface area contributed by atoms with E-state index in [0.717, 1.165) is 0 Å². The molecule has 0 aliphatic carbocycles. The first kappa shape index (κ1) is 22.8. The van der Waals surface area contributed by atoms with Crippen LogP contribution in [0.3, 0.4) is 0 Å². The number of Topliss-reactive ketones (excluding diaryl/α,β-unsaturated/α-hetero) is 1. The predicted molar refractivity (Wildman–Crippen MR) is 95.4 cm³/mol. The Kier molecular flexibility index (Phi) is 12.5. The lowest BCUT2D eigenvalue weighted by Crippen LogP contribution is -2.20. The second-order valence-electron chi connectivity index (χ2n) is 5.22. The van der Waals surface area contributed by atoms with E-state index in [1.54, 1.807) is 37.3 Å². The van der Waals surface area contributed by atoms with Gasteiger partial charge in [0, 0.05) is 5.56 Å². The molecule has 1 aromatic rings. The van der Waals surface area contributed by atoms with Crippen LogP contribution < -0.4 is 0 Å². The standard InChI is InChI=1S/C19H26O8/c1-2-26-17(20)8-9-23-10-11-24-12-13-25-14-15-27-19(22)18(21)16-6-4-3-5-7-16/h3-7H,2,8-15H2,1H3. The van der Waals surface area contributed by atoms with Gasteiger partial charge < -0.3 is 23.7 Å². The Bertz CT molecular complexity index is 558. The molecular weight excluding hydrogens is 356 g/mol. The van der Waals surface area contributed by atoms with E-state index in [4.69, 9.17) is 23.7 Å². The van der Waals surface area contributed by atoms with Gasteiger partial charge in [0.1, 0.15) is 6.61 Å². The molecule has 0 spiro atoms. The number of carbonyl (C=O) groups excluding carboxylic acids is 3. The van der Waals surface area contributed by atoms with Crippen molar-refractivity contribution < 1.29 is 38.1 Å². The van der Waals surface area contributed by atoms with Crippen LogP contribution in [0.1, 0.15) is 23.7 Å². The number of ketones is 1. The van der Waals surface area contributed by atoms with E-state index in [2.05, 4.69) is 0 Å². The highest BCUT2D eigenvalue weighted by Crippen LogP contribution is 2.01. The van der Waals surface area contributed by atoms with Crippen LogP contribution in [0.4, 0.5) is 0 Å². The van der Waals surface area contributed by atoms with E-state index in [1.165, 1.54) is 0 Å². The largest absolute Gasteiger partial charge is 0.466 e. The second-order valence-corrected chi connectivity index (χ2v) is 5.22. The van der Waals surface area contributed by atoms with Gasteiger partial charge in [0.05, 0.1) is 52.7 Å². The summed E-state index contributed by atoms with van der Waals surface area (Å²) in [6.07, 6.45) is 0.225. The molecule has 0 N–H and O–H groups in total. The van der Waals surface area contributed by atoms with Crippen molar-refractivity contribution >= 4 is 17.7 Å². The zero-order valence-electron chi connectivity index (χ0n) is 15.5. The molecule has 0 radical (unpaired) electrons. The smallest absolute Gasteiger partial charge is 0.379 e. The van der Waals surface area contributed by atoms with Crippen LogP contribution in [0.15, 0.2) is 30.3 Å². The number of esters is 2. The summed E-state index contributed by atoms with van der Waals surface area (Å²) in [6, 6.07) is 8.22. The summed E-state index contributed by atoms with van der Waals surface area (Å²) in [4.78, 5) is 34.4. The Morgan fingerprint density at radius 2 is 1.30 bits per heavy atom. The zero-order chi connectivity index (χ0) is 19.7. The molecule has 150 valence electrons. The van der Waals surface area contributed by atoms with Crippen molar-refractivity contribution in [3.8, 4) is 0 Å². The Balaban J connectivity index is 1.90. The fourth-order valence-electron chi connectivity index (χ4n) is 1.90. The quantitative estimate of drug-likeness (QED) is 0.194. The van der Waals surface area contributed by atoms with Gasteiger partial charge in [0.25, 0.3) is 5.78 Å². The fourth-order valence-corrected chi connectivity index (χ4v) is 1.90. The lowest BCUT2D eigenvalue weighted by Gasteiger charge is -2.07. The van der Waals surface area contributed by atoms with Crippen LogP contribution in [0, 0.1) is 0 Å². The highest BCUT2D eigenvalue weighted by atomic mass is 16.6. The molecule has 1 aromatic carbocycles. The number of carbonyl (C=O) groups is 3. The van der Waals surface area contributed by atoms with Gasteiger partial charge >= 0.3 is 11.9 Å². The maximum absolute atomic E-state index is 11.8. The molecule has 8 nitrogen and oxygen atoms in total. The number of benzene rings is 1. The van der Waals surface area contributed by atoms with Gasteiger partial charge in [0.2, 0.25) is 0 Å². The summed E-state index contributed by atoms with van der Waals surface area (Å²) in [5, 5.41) is 0. The Morgan fingerprint density at radius 3 is 1.89 bits per heavy atom. The maximum Gasteiger partial charge on any atom is 0.379 e. The lowest BCUT2D eigenvalue weighted by atomic mass is 10.1. The fraction of sp³-hybridized carbons (Fsp3) is 0.526. The summed E-state index contributed by atoms with van der Waals surface area (Å²) >= 11 is 0. The summed E-state index contributed by atoms with van der Waals surface area (Å²) in [5.41, 5.74) is 0.293. The second kappa shape index (κ2) is 14.8. The molecule has 0 aliphatic heterocycles. The molecule has 27 heavy (non-hydrogen) atoms. The van der Waals surface area contributed by atoms with E-state index >= 15 is 0 Å². The Labute approximate surface area is 158 Å². The average molecular weight is 382 g/mol. The monoisotopic (exact) mass is 382 g/mol. The summed E-state index contributed by atoms with van der Waals surface area (Å²) < 4.78 is 25.4. The highest BCUT2D eigenvalue weighted by molar-refractivity contribution is 6.40. The first-order chi connectivity index (χ1) is 13.1. The normalized spacial score (nSPS) is 10.4. The van der Waals surface area contributed by atoms with Gasteiger partial charge in [-0.2, -0.15) is 0 Å². The Hall–Kier alpha value is -2.29. The van der Waals surface area contributed by atoms with Gasteiger partial charge in [0.15, 0.2) is 0 Å². The van der Waals surface area contributed by atoms with E-state index in [0.29, 0.717) is 45.2 Å². The molecule has 0 bridgehead atoms.